The number of carboxylic acids is 1. The van der Waals surface area contributed by atoms with Crippen LogP contribution in [-0.4, -0.2) is 29.3 Å². The molecule has 17 heavy (non-hydrogen) atoms. The Kier molecular flexibility index (Phi) is 3.79. The van der Waals surface area contributed by atoms with Crippen LogP contribution in [0.5, 0.6) is 0 Å². The second kappa shape index (κ2) is 5.14. The highest BCUT2D eigenvalue weighted by Crippen LogP contribution is 2.31. The summed E-state index contributed by atoms with van der Waals surface area (Å²) in [4.78, 5) is 16.1. The summed E-state index contributed by atoms with van der Waals surface area (Å²) in [7, 11) is 0. The summed E-state index contributed by atoms with van der Waals surface area (Å²) in [6.45, 7) is 5.58. The van der Waals surface area contributed by atoms with Crippen LogP contribution < -0.4 is 0 Å². The Morgan fingerprint density at radius 1 is 1.65 bits per heavy atom. The van der Waals surface area contributed by atoms with Gasteiger partial charge in [0.15, 0.2) is 0 Å². The van der Waals surface area contributed by atoms with E-state index in [0.717, 1.165) is 30.2 Å². The SMILES string of the molecule is CC(C)Cc1nc(C2CCOC2)sc1C(=O)O. The summed E-state index contributed by atoms with van der Waals surface area (Å²) < 4.78 is 5.32. The molecule has 94 valence electrons. The molecule has 2 rings (SSSR count). The second-order valence-electron chi connectivity index (χ2n) is 4.79. The van der Waals surface area contributed by atoms with Gasteiger partial charge in [0, 0.05) is 12.5 Å². The molecule has 0 amide bonds. The first-order chi connectivity index (χ1) is 8.08. The Morgan fingerprint density at radius 2 is 2.41 bits per heavy atom. The van der Waals surface area contributed by atoms with E-state index < -0.39 is 5.97 Å². The molecule has 1 fully saturated rings. The largest absolute Gasteiger partial charge is 0.477 e. The number of ether oxygens (including phenoxy) is 1. The molecule has 0 aliphatic carbocycles. The number of carboxylic acid groups (broad SMARTS) is 1. The van der Waals surface area contributed by atoms with Crippen molar-refractivity contribution in [3.63, 3.8) is 0 Å². The molecule has 1 saturated heterocycles. The molecule has 1 aromatic rings. The minimum Gasteiger partial charge on any atom is -0.477 e. The van der Waals surface area contributed by atoms with Gasteiger partial charge in [-0.3, -0.25) is 0 Å². The highest BCUT2D eigenvalue weighted by atomic mass is 32.1. The van der Waals surface area contributed by atoms with Gasteiger partial charge in [-0.05, 0) is 18.8 Å². The molecule has 4 nitrogen and oxygen atoms in total. The number of aromatic carboxylic acids is 1. The molecule has 2 heterocycles. The Morgan fingerprint density at radius 3 is 2.94 bits per heavy atom. The third kappa shape index (κ3) is 2.84. The van der Waals surface area contributed by atoms with E-state index in [-0.39, 0.29) is 0 Å². The third-order valence-electron chi connectivity index (χ3n) is 2.79. The van der Waals surface area contributed by atoms with Crippen LogP contribution in [0.2, 0.25) is 0 Å². The average molecular weight is 255 g/mol. The van der Waals surface area contributed by atoms with Crippen molar-refractivity contribution in [2.24, 2.45) is 5.92 Å². The fraction of sp³-hybridized carbons (Fsp3) is 0.667. The summed E-state index contributed by atoms with van der Waals surface area (Å²) in [5, 5.41) is 10.1. The number of aromatic nitrogens is 1. The molecule has 0 bridgehead atoms. The van der Waals surface area contributed by atoms with Gasteiger partial charge in [-0.25, -0.2) is 9.78 Å². The quantitative estimate of drug-likeness (QED) is 0.898. The van der Waals surface area contributed by atoms with E-state index in [1.54, 1.807) is 0 Å². The summed E-state index contributed by atoms with van der Waals surface area (Å²) in [5.41, 5.74) is 0.736. The first-order valence-corrected chi connectivity index (χ1v) is 6.70. The predicted octanol–water partition coefficient (Wildman–Crippen LogP) is 2.54. The van der Waals surface area contributed by atoms with Crippen LogP contribution in [0.15, 0.2) is 0 Å². The topological polar surface area (TPSA) is 59.4 Å². The van der Waals surface area contributed by atoms with Gasteiger partial charge in [0.2, 0.25) is 0 Å². The number of nitrogens with zero attached hydrogens (tertiary/aromatic N) is 1. The summed E-state index contributed by atoms with van der Waals surface area (Å²) >= 11 is 1.32. The molecule has 1 aliphatic rings. The van der Waals surface area contributed by atoms with Gasteiger partial charge >= 0.3 is 5.97 Å². The molecule has 1 aromatic heterocycles. The maximum Gasteiger partial charge on any atom is 0.347 e. The Balaban J connectivity index is 2.26. The lowest BCUT2D eigenvalue weighted by atomic mass is 10.1. The molecule has 1 unspecified atom stereocenters. The van der Waals surface area contributed by atoms with Crippen molar-refractivity contribution in [3.05, 3.63) is 15.6 Å². The van der Waals surface area contributed by atoms with Gasteiger partial charge in [0.05, 0.1) is 17.3 Å². The van der Waals surface area contributed by atoms with Gasteiger partial charge < -0.3 is 9.84 Å². The van der Waals surface area contributed by atoms with E-state index in [2.05, 4.69) is 18.8 Å². The van der Waals surface area contributed by atoms with Crippen LogP contribution in [0.4, 0.5) is 0 Å². The summed E-state index contributed by atoms with van der Waals surface area (Å²) in [6, 6.07) is 0. The van der Waals surface area contributed by atoms with Crippen LogP contribution in [0, 0.1) is 5.92 Å². The summed E-state index contributed by atoms with van der Waals surface area (Å²) in [5.74, 6) is -0.148. The van der Waals surface area contributed by atoms with E-state index in [1.807, 2.05) is 0 Å². The number of hydrogen-bond acceptors (Lipinski definition) is 4. The number of thiazole rings is 1. The third-order valence-corrected chi connectivity index (χ3v) is 4.04. The lowest BCUT2D eigenvalue weighted by molar-refractivity contribution is 0.0700. The maximum atomic E-state index is 11.2. The monoisotopic (exact) mass is 255 g/mol. The lowest BCUT2D eigenvalue weighted by Gasteiger charge is -2.02. The molecule has 1 aliphatic heterocycles. The fourth-order valence-electron chi connectivity index (χ4n) is 1.97. The van der Waals surface area contributed by atoms with E-state index in [9.17, 15) is 9.90 Å². The van der Waals surface area contributed by atoms with Crippen molar-refractivity contribution in [2.75, 3.05) is 13.2 Å². The van der Waals surface area contributed by atoms with Crippen molar-refractivity contribution in [2.45, 2.75) is 32.6 Å². The fourth-order valence-corrected chi connectivity index (χ4v) is 3.02. The van der Waals surface area contributed by atoms with Gasteiger partial charge in [0.25, 0.3) is 0 Å². The van der Waals surface area contributed by atoms with E-state index in [0.29, 0.717) is 23.3 Å². The minimum atomic E-state index is -0.858. The normalized spacial score (nSPS) is 20.1. The Hall–Kier alpha value is -0.940. The predicted molar refractivity (Wildman–Crippen MR) is 65.8 cm³/mol. The molecular weight excluding hydrogens is 238 g/mol. The van der Waals surface area contributed by atoms with E-state index in [1.165, 1.54) is 11.3 Å². The van der Waals surface area contributed by atoms with Gasteiger partial charge in [-0.15, -0.1) is 11.3 Å². The highest BCUT2D eigenvalue weighted by molar-refractivity contribution is 7.13. The zero-order chi connectivity index (χ0) is 12.4. The molecule has 1 N–H and O–H groups in total. The van der Waals surface area contributed by atoms with Crippen LogP contribution in [-0.2, 0) is 11.2 Å². The standard InChI is InChI=1S/C12H17NO3S/c1-7(2)5-9-10(12(14)15)17-11(13-9)8-3-4-16-6-8/h7-8H,3-6H2,1-2H3,(H,14,15). The van der Waals surface area contributed by atoms with Crippen LogP contribution >= 0.6 is 11.3 Å². The first kappa shape index (κ1) is 12.5. The molecule has 0 aromatic carbocycles. The van der Waals surface area contributed by atoms with E-state index >= 15 is 0 Å². The van der Waals surface area contributed by atoms with Crippen LogP contribution in [0.1, 0.15) is 46.6 Å². The molecular formula is C12H17NO3S. The van der Waals surface area contributed by atoms with Gasteiger partial charge in [-0.2, -0.15) is 0 Å². The lowest BCUT2D eigenvalue weighted by Crippen LogP contribution is -2.03. The average Bonchev–Trinajstić information content (AvgIpc) is 2.82. The zero-order valence-corrected chi connectivity index (χ0v) is 10.9. The minimum absolute atomic E-state index is 0.291. The number of carbonyl (C=O) groups is 1. The van der Waals surface area contributed by atoms with Crippen LogP contribution in [0.3, 0.4) is 0 Å². The molecule has 5 heteroatoms. The van der Waals surface area contributed by atoms with Crippen molar-refractivity contribution in [1.82, 2.24) is 4.98 Å². The van der Waals surface area contributed by atoms with Gasteiger partial charge in [-0.1, -0.05) is 13.8 Å². The maximum absolute atomic E-state index is 11.2. The van der Waals surface area contributed by atoms with Crippen molar-refractivity contribution >= 4 is 17.3 Å². The molecule has 0 spiro atoms. The smallest absolute Gasteiger partial charge is 0.347 e. The second-order valence-corrected chi connectivity index (χ2v) is 5.82. The molecule has 0 saturated carbocycles. The first-order valence-electron chi connectivity index (χ1n) is 5.88. The zero-order valence-electron chi connectivity index (χ0n) is 10.1. The molecule has 0 radical (unpaired) electrons. The van der Waals surface area contributed by atoms with Crippen molar-refractivity contribution in [1.29, 1.82) is 0 Å². The number of hydrogen-bond donors (Lipinski definition) is 1. The van der Waals surface area contributed by atoms with Crippen LogP contribution in [0.25, 0.3) is 0 Å². The summed E-state index contributed by atoms with van der Waals surface area (Å²) in [6.07, 6.45) is 1.68. The van der Waals surface area contributed by atoms with Crippen molar-refractivity contribution in [3.8, 4) is 0 Å². The van der Waals surface area contributed by atoms with Crippen molar-refractivity contribution < 1.29 is 14.6 Å². The van der Waals surface area contributed by atoms with Gasteiger partial charge in [0.1, 0.15) is 4.88 Å². The molecule has 1 atom stereocenters. The Labute approximate surface area is 105 Å². The highest BCUT2D eigenvalue weighted by Gasteiger charge is 2.25. The number of rotatable bonds is 4. The Bertz CT molecular complexity index is 408. The van der Waals surface area contributed by atoms with E-state index in [4.69, 9.17) is 4.74 Å².